The summed E-state index contributed by atoms with van der Waals surface area (Å²) in [6.07, 6.45) is -4.25. The van der Waals surface area contributed by atoms with Crippen molar-refractivity contribution in [2.45, 2.75) is 18.8 Å². The van der Waals surface area contributed by atoms with E-state index in [1.165, 1.54) is 24.3 Å². The molecule has 2 N–H and O–H groups in total. The molecule has 208 valence electrons. The van der Waals surface area contributed by atoms with Crippen molar-refractivity contribution < 1.29 is 27.4 Å². The Morgan fingerprint density at radius 1 is 1.12 bits per heavy atom. The van der Waals surface area contributed by atoms with Crippen molar-refractivity contribution in [3.05, 3.63) is 101 Å². The quantitative estimate of drug-likeness (QED) is 0.264. The van der Waals surface area contributed by atoms with E-state index in [1.54, 1.807) is 30.1 Å². The maximum absolute atomic E-state index is 12.9. The van der Waals surface area contributed by atoms with E-state index in [-0.39, 0.29) is 18.2 Å². The number of rotatable bonds is 5. The number of nitrogens with zero attached hydrogens (tertiary/aromatic N) is 3. The Morgan fingerprint density at radius 3 is 2.56 bits per heavy atom. The number of ether oxygens (including phenoxy) is 2. The minimum Gasteiger partial charge on any atom is -0.489 e. The predicted octanol–water partition coefficient (Wildman–Crippen LogP) is 4.65. The number of nitrogens with one attached hydrogen (secondary N) is 2. The summed E-state index contributed by atoms with van der Waals surface area (Å²) in [5.41, 5.74) is 2.82. The molecule has 1 aliphatic heterocycles. The van der Waals surface area contributed by atoms with Crippen molar-refractivity contribution in [1.29, 1.82) is 0 Å². The molecule has 12 heteroatoms. The number of likely N-dealkylation sites (N-methyl/N-ethyl adjacent to an activating group) is 1. The van der Waals surface area contributed by atoms with E-state index >= 15 is 0 Å². The van der Waals surface area contributed by atoms with Gasteiger partial charge in [-0.1, -0.05) is 54.4 Å². The van der Waals surface area contributed by atoms with Crippen LogP contribution in [0.3, 0.4) is 0 Å². The highest BCUT2D eigenvalue weighted by Gasteiger charge is 2.31. The first-order valence-electron chi connectivity index (χ1n) is 12.3. The summed E-state index contributed by atoms with van der Waals surface area (Å²) in [4.78, 5) is 19.4. The molecule has 1 aromatic heterocycles. The fraction of sp³-hybridized carbons (Fsp3) is 0.172. The average Bonchev–Trinajstić information content (AvgIpc) is 3.38. The van der Waals surface area contributed by atoms with Crippen molar-refractivity contribution in [2.24, 2.45) is 0 Å². The molecule has 0 bridgehead atoms. The monoisotopic (exact) mass is 577 g/mol. The van der Waals surface area contributed by atoms with Crippen molar-refractivity contribution in [3.8, 4) is 23.3 Å². The molecular weight excluding hydrogens is 555 g/mol. The molecule has 4 aromatic rings. The first-order chi connectivity index (χ1) is 19.6. The highest BCUT2D eigenvalue weighted by atomic mass is 32.1. The van der Waals surface area contributed by atoms with Gasteiger partial charge in [0.25, 0.3) is 5.91 Å². The Kier molecular flexibility index (Phi) is 7.89. The maximum Gasteiger partial charge on any atom is 0.573 e. The van der Waals surface area contributed by atoms with Crippen LogP contribution >= 0.6 is 12.2 Å². The summed E-state index contributed by atoms with van der Waals surface area (Å²) in [5, 5.41) is 9.69. The summed E-state index contributed by atoms with van der Waals surface area (Å²) in [7, 11) is 1.76. The smallest absolute Gasteiger partial charge is 0.489 e. The Labute approximate surface area is 238 Å². The minimum atomic E-state index is -4.76. The number of hydrogen-bond donors (Lipinski definition) is 2. The number of carbonyl (C=O) groups excluding carboxylic acids is 1. The van der Waals surface area contributed by atoms with Gasteiger partial charge in [-0.2, -0.15) is 0 Å². The van der Waals surface area contributed by atoms with Gasteiger partial charge in [0.2, 0.25) is 5.82 Å². The molecule has 0 saturated heterocycles. The van der Waals surface area contributed by atoms with E-state index in [1.807, 2.05) is 30.3 Å². The molecule has 0 radical (unpaired) electrons. The van der Waals surface area contributed by atoms with Crippen LogP contribution in [0.2, 0.25) is 0 Å². The molecule has 41 heavy (non-hydrogen) atoms. The summed E-state index contributed by atoms with van der Waals surface area (Å²) >= 11 is 5.66. The SMILES string of the molecule is CN1C(=S)[C@@H](NC(=O)c2n[nH]c(Cc3ccccc3)n2)COc2ccc(C#Cc3ccc(OC(F)(F)F)cc3)cc21. The molecule has 1 amide bonds. The second-order valence-corrected chi connectivity index (χ2v) is 9.43. The normalized spacial score (nSPS) is 14.7. The molecule has 0 fully saturated rings. The van der Waals surface area contributed by atoms with Gasteiger partial charge in [0, 0.05) is 24.6 Å². The summed E-state index contributed by atoms with van der Waals surface area (Å²) in [5.74, 6) is 6.20. The molecule has 0 saturated carbocycles. The second-order valence-electron chi connectivity index (χ2n) is 9.01. The van der Waals surface area contributed by atoms with Crippen molar-refractivity contribution in [3.63, 3.8) is 0 Å². The zero-order valence-electron chi connectivity index (χ0n) is 21.5. The van der Waals surface area contributed by atoms with E-state index in [9.17, 15) is 18.0 Å². The van der Waals surface area contributed by atoms with Gasteiger partial charge in [0.15, 0.2) is 0 Å². The van der Waals surface area contributed by atoms with Crippen LogP contribution in [0.15, 0.2) is 72.8 Å². The number of H-pyrrole nitrogens is 1. The van der Waals surface area contributed by atoms with Gasteiger partial charge in [-0.25, -0.2) is 4.98 Å². The zero-order valence-corrected chi connectivity index (χ0v) is 22.3. The molecule has 3 aromatic carbocycles. The molecular formula is C29H22F3N5O3S. The molecule has 0 unspecified atom stereocenters. The highest BCUT2D eigenvalue weighted by molar-refractivity contribution is 7.80. The van der Waals surface area contributed by atoms with Crippen LogP contribution in [-0.4, -0.2) is 52.1 Å². The van der Waals surface area contributed by atoms with Crippen LogP contribution in [0.4, 0.5) is 18.9 Å². The van der Waals surface area contributed by atoms with Gasteiger partial charge in [-0.15, -0.1) is 18.3 Å². The first kappa shape index (κ1) is 27.7. The van der Waals surface area contributed by atoms with Crippen LogP contribution < -0.4 is 19.7 Å². The fourth-order valence-electron chi connectivity index (χ4n) is 4.05. The molecule has 1 atom stereocenters. The summed E-state index contributed by atoms with van der Waals surface area (Å²) in [6.45, 7) is 0.0978. The van der Waals surface area contributed by atoms with E-state index < -0.39 is 18.3 Å². The third kappa shape index (κ3) is 7.01. The molecule has 2 heterocycles. The molecule has 1 aliphatic rings. The van der Waals surface area contributed by atoms with Crippen LogP contribution in [0.1, 0.15) is 33.1 Å². The lowest BCUT2D eigenvalue weighted by molar-refractivity contribution is -0.274. The van der Waals surface area contributed by atoms with E-state index in [0.29, 0.717) is 39.8 Å². The van der Waals surface area contributed by atoms with Crippen LogP contribution in [0.25, 0.3) is 0 Å². The zero-order chi connectivity index (χ0) is 29.0. The Hall–Kier alpha value is -4.89. The largest absolute Gasteiger partial charge is 0.573 e. The van der Waals surface area contributed by atoms with Crippen molar-refractivity contribution in [1.82, 2.24) is 20.5 Å². The van der Waals surface area contributed by atoms with E-state index in [0.717, 1.165) is 5.56 Å². The number of amides is 1. The van der Waals surface area contributed by atoms with Crippen LogP contribution in [0, 0.1) is 11.8 Å². The lowest BCUT2D eigenvalue weighted by atomic mass is 10.1. The second kappa shape index (κ2) is 11.7. The van der Waals surface area contributed by atoms with Gasteiger partial charge >= 0.3 is 6.36 Å². The maximum atomic E-state index is 12.9. The van der Waals surface area contributed by atoms with Gasteiger partial charge < -0.3 is 19.7 Å². The van der Waals surface area contributed by atoms with Gasteiger partial charge in [-0.05, 0) is 48.0 Å². The number of anilines is 1. The standard InChI is InChI=1S/C29H22F3N5O3S/c1-37-23-15-20(8-7-18-9-12-21(13-10-18)40-29(30,31)32)11-14-24(23)39-17-22(28(37)41)33-27(38)26-34-25(35-36-26)16-19-5-3-2-4-6-19/h2-6,9-15,22H,16-17H2,1H3,(H,33,38)(H,34,35,36)/t22-/m0/s1. The summed E-state index contributed by atoms with van der Waals surface area (Å²) < 4.78 is 46.9. The third-order valence-corrected chi connectivity index (χ3v) is 6.61. The fourth-order valence-corrected chi connectivity index (χ4v) is 4.28. The average molecular weight is 578 g/mol. The number of aromatic amines is 1. The van der Waals surface area contributed by atoms with Gasteiger partial charge in [0.1, 0.15) is 35.0 Å². The number of thiocarbonyl (C=S) groups is 1. The third-order valence-electron chi connectivity index (χ3n) is 6.05. The van der Waals surface area contributed by atoms with E-state index in [4.69, 9.17) is 17.0 Å². The molecule has 5 rings (SSSR count). The number of hydrogen-bond acceptors (Lipinski definition) is 6. The Bertz CT molecular complexity index is 1630. The topological polar surface area (TPSA) is 92.4 Å². The number of fused-ring (bicyclic) bond motifs is 1. The molecule has 0 spiro atoms. The molecule has 0 aliphatic carbocycles. The van der Waals surface area contributed by atoms with Crippen LogP contribution in [-0.2, 0) is 6.42 Å². The van der Waals surface area contributed by atoms with Crippen LogP contribution in [0.5, 0.6) is 11.5 Å². The van der Waals surface area contributed by atoms with Gasteiger partial charge in [0.05, 0.1) is 5.69 Å². The summed E-state index contributed by atoms with van der Waals surface area (Å²) in [6, 6.07) is 19.6. The number of alkyl halides is 3. The Morgan fingerprint density at radius 2 is 1.83 bits per heavy atom. The number of aromatic nitrogens is 3. The van der Waals surface area contributed by atoms with Crippen molar-refractivity contribution in [2.75, 3.05) is 18.6 Å². The Balaban J connectivity index is 1.25. The van der Waals surface area contributed by atoms with Gasteiger partial charge in [-0.3, -0.25) is 9.89 Å². The van der Waals surface area contributed by atoms with E-state index in [2.05, 4.69) is 37.1 Å². The lowest BCUT2D eigenvalue weighted by Crippen LogP contribution is -2.48. The minimum absolute atomic E-state index is 0.00120. The number of benzene rings is 3. The molecule has 8 nitrogen and oxygen atoms in total. The number of carbonyl (C=O) groups is 1. The lowest BCUT2D eigenvalue weighted by Gasteiger charge is -2.23. The number of halogens is 3. The highest BCUT2D eigenvalue weighted by Crippen LogP contribution is 2.32. The predicted molar refractivity (Wildman–Crippen MR) is 149 cm³/mol. The van der Waals surface area contributed by atoms with Crippen molar-refractivity contribution >= 4 is 28.8 Å². The first-order valence-corrected chi connectivity index (χ1v) is 12.7.